The van der Waals surface area contributed by atoms with Crippen molar-refractivity contribution in [2.75, 3.05) is 0 Å². The molecule has 0 unspecified atom stereocenters. The lowest BCUT2D eigenvalue weighted by Crippen LogP contribution is -2.40. The smallest absolute Gasteiger partial charge is 0.390 e. The second kappa shape index (κ2) is 8.61. The van der Waals surface area contributed by atoms with Crippen LogP contribution in [0.25, 0.3) is 10.2 Å². The number of thiophene rings is 1. The summed E-state index contributed by atoms with van der Waals surface area (Å²) in [5, 5.41) is 8.50. The van der Waals surface area contributed by atoms with Crippen LogP contribution >= 0.6 is 11.3 Å². The molecule has 3 aromatic rings. The van der Waals surface area contributed by atoms with Gasteiger partial charge in [-0.05, 0) is 12.0 Å². The lowest BCUT2D eigenvalue weighted by atomic mass is 10.1. The number of aromatic nitrogens is 2. The lowest BCUT2D eigenvalue weighted by Gasteiger charge is -2.13. The topological polar surface area (TPSA) is 81.3 Å². The summed E-state index contributed by atoms with van der Waals surface area (Å²) in [5.41, 5.74) is -2.65. The number of aryl methyl sites for hydroxylation is 2. The standard InChI is InChI=1S/C19H15F5N2O4S/c20-14(21)11-12-15(27)25(8-6-10-4-2-1-3-5-10)18(30)26(9-7-19(22,23)24)16(12)31-13(11)17(28)29/h1-5,14H,6-9H2,(H,28,29). The zero-order chi connectivity index (χ0) is 22.9. The maximum atomic E-state index is 13.6. The van der Waals surface area contributed by atoms with E-state index in [1.54, 1.807) is 30.3 Å². The number of fused-ring (bicyclic) bond motifs is 1. The largest absolute Gasteiger partial charge is 0.477 e. The Bertz CT molecular complexity index is 1230. The molecule has 1 N–H and O–H groups in total. The van der Waals surface area contributed by atoms with Crippen molar-refractivity contribution in [1.82, 2.24) is 9.13 Å². The summed E-state index contributed by atoms with van der Waals surface area (Å²) in [7, 11) is 0. The zero-order valence-electron chi connectivity index (χ0n) is 15.7. The number of halogens is 5. The highest BCUT2D eigenvalue weighted by atomic mass is 32.1. The van der Waals surface area contributed by atoms with E-state index in [2.05, 4.69) is 0 Å². The van der Waals surface area contributed by atoms with Gasteiger partial charge in [0.2, 0.25) is 0 Å². The van der Waals surface area contributed by atoms with E-state index in [1.165, 1.54) is 0 Å². The van der Waals surface area contributed by atoms with E-state index in [1.807, 2.05) is 0 Å². The van der Waals surface area contributed by atoms with Gasteiger partial charge >= 0.3 is 17.8 Å². The first-order valence-electron chi connectivity index (χ1n) is 8.93. The average molecular weight is 462 g/mol. The van der Waals surface area contributed by atoms with E-state index in [9.17, 15) is 41.4 Å². The molecule has 0 atom stereocenters. The van der Waals surface area contributed by atoms with Gasteiger partial charge in [-0.1, -0.05) is 30.3 Å². The summed E-state index contributed by atoms with van der Waals surface area (Å²) in [4.78, 5) is 35.7. The summed E-state index contributed by atoms with van der Waals surface area (Å²) in [6.45, 7) is -1.21. The van der Waals surface area contributed by atoms with Crippen LogP contribution in [0.3, 0.4) is 0 Å². The third-order valence-corrected chi connectivity index (χ3v) is 5.81. The molecule has 0 aliphatic carbocycles. The summed E-state index contributed by atoms with van der Waals surface area (Å²) in [5.74, 6) is -1.76. The fraction of sp³-hybridized carbons (Fsp3) is 0.316. The zero-order valence-corrected chi connectivity index (χ0v) is 16.5. The predicted molar refractivity (Wildman–Crippen MR) is 103 cm³/mol. The third kappa shape index (κ3) is 4.68. The second-order valence-corrected chi connectivity index (χ2v) is 7.62. The molecule has 2 heterocycles. The number of nitrogens with zero attached hydrogens (tertiary/aromatic N) is 2. The van der Waals surface area contributed by atoms with Crippen LogP contribution in [0.4, 0.5) is 22.0 Å². The highest BCUT2D eigenvalue weighted by molar-refractivity contribution is 7.20. The van der Waals surface area contributed by atoms with Crippen LogP contribution in [0.1, 0.15) is 33.6 Å². The fourth-order valence-electron chi connectivity index (χ4n) is 3.17. The van der Waals surface area contributed by atoms with Gasteiger partial charge in [-0.15, -0.1) is 11.3 Å². The highest BCUT2D eigenvalue weighted by Gasteiger charge is 2.32. The molecule has 166 valence electrons. The number of benzene rings is 1. The molecule has 6 nitrogen and oxygen atoms in total. The Morgan fingerprint density at radius 3 is 2.26 bits per heavy atom. The Kier molecular flexibility index (Phi) is 6.30. The van der Waals surface area contributed by atoms with Gasteiger partial charge in [-0.2, -0.15) is 13.2 Å². The van der Waals surface area contributed by atoms with Crippen molar-refractivity contribution in [3.63, 3.8) is 0 Å². The summed E-state index contributed by atoms with van der Waals surface area (Å²) in [6, 6.07) is 8.54. The molecule has 1 aromatic carbocycles. The van der Waals surface area contributed by atoms with E-state index < -0.39 is 63.4 Å². The van der Waals surface area contributed by atoms with Crippen LogP contribution in [0.5, 0.6) is 0 Å². The van der Waals surface area contributed by atoms with Crippen LogP contribution in [0.15, 0.2) is 39.9 Å². The Morgan fingerprint density at radius 2 is 1.71 bits per heavy atom. The minimum absolute atomic E-state index is 0.140. The van der Waals surface area contributed by atoms with Crippen LogP contribution in [0, 0.1) is 0 Å². The van der Waals surface area contributed by atoms with Crippen LogP contribution in [-0.4, -0.2) is 26.4 Å². The molecule has 31 heavy (non-hydrogen) atoms. The van der Waals surface area contributed by atoms with Crippen LogP contribution in [0.2, 0.25) is 0 Å². The van der Waals surface area contributed by atoms with E-state index >= 15 is 0 Å². The van der Waals surface area contributed by atoms with Gasteiger partial charge in [-0.3, -0.25) is 13.9 Å². The van der Waals surface area contributed by atoms with Crippen molar-refractivity contribution in [2.45, 2.75) is 38.5 Å². The molecule has 0 saturated heterocycles. The summed E-state index contributed by atoms with van der Waals surface area (Å²) < 4.78 is 66.7. The van der Waals surface area contributed by atoms with Crippen molar-refractivity contribution in [3.05, 3.63) is 67.2 Å². The molecule has 0 radical (unpaired) electrons. The van der Waals surface area contributed by atoms with Crippen molar-refractivity contribution in [3.8, 4) is 0 Å². The number of hydrogen-bond acceptors (Lipinski definition) is 4. The van der Waals surface area contributed by atoms with Crippen molar-refractivity contribution in [2.24, 2.45) is 0 Å². The number of aromatic carboxylic acids is 1. The molecule has 0 bridgehead atoms. The normalized spacial score (nSPS) is 12.1. The first kappa shape index (κ1) is 22.7. The van der Waals surface area contributed by atoms with Gasteiger partial charge < -0.3 is 5.11 Å². The van der Waals surface area contributed by atoms with E-state index in [0.717, 1.165) is 0 Å². The summed E-state index contributed by atoms with van der Waals surface area (Å²) in [6.07, 6.45) is -9.34. The molecule has 2 aromatic heterocycles. The predicted octanol–water partition coefficient (Wildman–Crippen LogP) is 4.06. The van der Waals surface area contributed by atoms with Gasteiger partial charge in [0.15, 0.2) is 0 Å². The van der Waals surface area contributed by atoms with E-state index in [-0.39, 0.29) is 24.3 Å². The SMILES string of the molecule is O=C(O)c1sc2c(c1C(F)F)c(=O)n(CCc1ccccc1)c(=O)n2CCC(F)(F)F. The molecule has 0 fully saturated rings. The molecule has 0 saturated carbocycles. The van der Waals surface area contributed by atoms with Gasteiger partial charge in [0.05, 0.1) is 17.4 Å². The number of alkyl halides is 5. The van der Waals surface area contributed by atoms with Crippen LogP contribution < -0.4 is 11.2 Å². The maximum absolute atomic E-state index is 13.6. The third-order valence-electron chi connectivity index (χ3n) is 4.59. The van der Waals surface area contributed by atoms with E-state index in [4.69, 9.17) is 0 Å². The number of carbonyl (C=O) groups is 1. The number of carboxylic acid groups (broad SMARTS) is 1. The minimum Gasteiger partial charge on any atom is -0.477 e. The van der Waals surface area contributed by atoms with Crippen LogP contribution in [-0.2, 0) is 19.5 Å². The molecule has 12 heteroatoms. The Labute approximate surface area is 174 Å². The fourth-order valence-corrected chi connectivity index (χ4v) is 4.33. The molecule has 0 spiro atoms. The number of carboxylic acids is 1. The van der Waals surface area contributed by atoms with Gasteiger partial charge in [0.1, 0.15) is 9.71 Å². The molecule has 0 aliphatic heterocycles. The lowest BCUT2D eigenvalue weighted by molar-refractivity contribution is -0.136. The Morgan fingerprint density at radius 1 is 1.06 bits per heavy atom. The molecule has 0 amide bonds. The molecular formula is C19H15F5N2O4S. The van der Waals surface area contributed by atoms with E-state index in [0.29, 0.717) is 14.7 Å². The molecule has 0 aliphatic rings. The molecular weight excluding hydrogens is 447 g/mol. The highest BCUT2D eigenvalue weighted by Crippen LogP contribution is 2.36. The first-order chi connectivity index (χ1) is 14.5. The minimum atomic E-state index is -4.66. The summed E-state index contributed by atoms with van der Waals surface area (Å²) >= 11 is 0.192. The first-order valence-corrected chi connectivity index (χ1v) is 9.75. The van der Waals surface area contributed by atoms with Crippen molar-refractivity contribution in [1.29, 1.82) is 0 Å². The molecule has 3 rings (SSSR count). The quantitative estimate of drug-likeness (QED) is 0.537. The maximum Gasteiger partial charge on any atom is 0.390 e. The van der Waals surface area contributed by atoms with Gasteiger partial charge in [-0.25, -0.2) is 18.4 Å². The second-order valence-electron chi connectivity index (χ2n) is 6.62. The Balaban J connectivity index is 2.25. The Hall–Kier alpha value is -3.02. The van der Waals surface area contributed by atoms with Gasteiger partial charge in [0, 0.05) is 13.1 Å². The van der Waals surface area contributed by atoms with Crippen molar-refractivity contribution < 1.29 is 31.9 Å². The average Bonchev–Trinajstić information content (AvgIpc) is 3.09. The number of hydrogen-bond donors (Lipinski definition) is 1. The van der Waals surface area contributed by atoms with Crippen molar-refractivity contribution >= 4 is 27.5 Å². The number of rotatable bonds is 7. The van der Waals surface area contributed by atoms with Gasteiger partial charge in [0.25, 0.3) is 12.0 Å². The monoisotopic (exact) mass is 462 g/mol.